The minimum Gasteiger partial charge on any atom is -0.444 e. The van der Waals surface area contributed by atoms with Crippen LogP contribution in [0.5, 0.6) is 0 Å². The van der Waals surface area contributed by atoms with Crippen LogP contribution in [0.2, 0.25) is 0 Å². The van der Waals surface area contributed by atoms with Gasteiger partial charge in [0.1, 0.15) is 18.0 Å². The lowest BCUT2D eigenvalue weighted by Gasteiger charge is -2.40. The van der Waals surface area contributed by atoms with Crippen LogP contribution in [0, 0.1) is 10.1 Å². The number of anilines is 1. The summed E-state index contributed by atoms with van der Waals surface area (Å²) in [7, 11) is 0. The number of aromatic nitrogens is 2. The van der Waals surface area contributed by atoms with Gasteiger partial charge in [-0.3, -0.25) is 10.1 Å². The molecule has 9 nitrogen and oxygen atoms in total. The van der Waals surface area contributed by atoms with Crippen LogP contribution in [-0.2, 0) is 4.74 Å². The molecular weight excluding hydrogens is 302 g/mol. The van der Waals surface area contributed by atoms with E-state index in [-0.39, 0.29) is 17.8 Å². The summed E-state index contributed by atoms with van der Waals surface area (Å²) in [6.07, 6.45) is 2.04. The summed E-state index contributed by atoms with van der Waals surface area (Å²) in [6.45, 7) is 8.97. The second-order valence-electron chi connectivity index (χ2n) is 6.47. The van der Waals surface area contributed by atoms with E-state index in [2.05, 4.69) is 9.97 Å². The van der Waals surface area contributed by atoms with Crippen LogP contribution in [0.4, 0.5) is 16.4 Å². The minimum atomic E-state index is -0.535. The molecule has 0 spiro atoms. The van der Waals surface area contributed by atoms with Gasteiger partial charge in [-0.2, -0.15) is 0 Å². The average molecular weight is 323 g/mol. The van der Waals surface area contributed by atoms with E-state index >= 15 is 0 Å². The number of hydrogen-bond acceptors (Lipinski definition) is 7. The van der Waals surface area contributed by atoms with E-state index in [1.807, 2.05) is 32.6 Å². The first kappa shape index (κ1) is 16.9. The summed E-state index contributed by atoms with van der Waals surface area (Å²) >= 11 is 0. The van der Waals surface area contributed by atoms with Crippen molar-refractivity contribution in [3.05, 3.63) is 22.5 Å². The Morgan fingerprint density at radius 3 is 2.43 bits per heavy atom. The van der Waals surface area contributed by atoms with Crippen LogP contribution in [0.3, 0.4) is 0 Å². The van der Waals surface area contributed by atoms with Gasteiger partial charge in [-0.15, -0.1) is 0 Å². The Morgan fingerprint density at radius 2 is 1.96 bits per heavy atom. The lowest BCUT2D eigenvalue weighted by atomic mass is 10.2. The van der Waals surface area contributed by atoms with Gasteiger partial charge in [0.25, 0.3) is 0 Å². The van der Waals surface area contributed by atoms with Gasteiger partial charge in [-0.25, -0.2) is 14.8 Å². The first-order chi connectivity index (χ1) is 10.7. The normalized spacial score (nSPS) is 18.7. The Morgan fingerprint density at radius 1 is 1.35 bits per heavy atom. The maximum absolute atomic E-state index is 12.2. The van der Waals surface area contributed by atoms with Crippen molar-refractivity contribution in [2.45, 2.75) is 39.3 Å². The van der Waals surface area contributed by atoms with Gasteiger partial charge in [0.2, 0.25) is 5.95 Å². The molecule has 0 N–H and O–H groups in total. The third kappa shape index (κ3) is 4.27. The Kier molecular flexibility index (Phi) is 4.67. The van der Waals surface area contributed by atoms with Gasteiger partial charge < -0.3 is 14.5 Å². The molecule has 23 heavy (non-hydrogen) atoms. The van der Waals surface area contributed by atoms with E-state index in [1.54, 1.807) is 4.90 Å². The number of carbonyl (C=O) groups is 1. The van der Waals surface area contributed by atoms with Crippen LogP contribution in [-0.4, -0.2) is 57.2 Å². The molecule has 2 rings (SSSR count). The molecule has 9 heteroatoms. The van der Waals surface area contributed by atoms with E-state index in [0.717, 1.165) is 0 Å². The topological polar surface area (TPSA) is 102 Å². The third-order valence-electron chi connectivity index (χ3n) is 3.37. The van der Waals surface area contributed by atoms with Crippen molar-refractivity contribution in [1.29, 1.82) is 0 Å². The van der Waals surface area contributed by atoms with E-state index in [9.17, 15) is 14.9 Å². The van der Waals surface area contributed by atoms with Crippen molar-refractivity contribution in [2.75, 3.05) is 24.5 Å². The van der Waals surface area contributed by atoms with E-state index in [0.29, 0.717) is 25.6 Å². The first-order valence-corrected chi connectivity index (χ1v) is 7.38. The van der Waals surface area contributed by atoms with Crippen molar-refractivity contribution in [2.24, 2.45) is 0 Å². The quantitative estimate of drug-likeness (QED) is 0.604. The Hall–Kier alpha value is -2.45. The molecule has 1 aliphatic rings. The molecule has 2 heterocycles. The summed E-state index contributed by atoms with van der Waals surface area (Å²) in [5, 5.41) is 10.6. The Balaban J connectivity index is 2.00. The number of rotatable bonds is 2. The van der Waals surface area contributed by atoms with Gasteiger partial charge in [0, 0.05) is 25.7 Å². The largest absolute Gasteiger partial charge is 0.444 e. The smallest absolute Gasteiger partial charge is 0.410 e. The highest BCUT2D eigenvalue weighted by atomic mass is 16.6. The van der Waals surface area contributed by atoms with E-state index < -0.39 is 10.5 Å². The molecule has 1 aliphatic heterocycles. The highest BCUT2D eigenvalue weighted by molar-refractivity contribution is 5.69. The summed E-state index contributed by atoms with van der Waals surface area (Å²) in [5.41, 5.74) is -0.677. The molecule has 126 valence electrons. The highest BCUT2D eigenvalue weighted by Crippen LogP contribution is 2.19. The maximum Gasteiger partial charge on any atom is 0.410 e. The highest BCUT2D eigenvalue weighted by Gasteiger charge is 2.31. The van der Waals surface area contributed by atoms with Crippen molar-refractivity contribution < 1.29 is 14.5 Å². The van der Waals surface area contributed by atoms with Gasteiger partial charge >= 0.3 is 11.8 Å². The number of hydrogen-bond donors (Lipinski definition) is 0. The Bertz CT molecular complexity index is 584. The second-order valence-corrected chi connectivity index (χ2v) is 6.47. The SMILES string of the molecule is CC1CN(c2ncc([N+](=O)[O-])cn2)CCN1C(=O)OC(C)(C)C. The van der Waals surface area contributed by atoms with Crippen molar-refractivity contribution >= 4 is 17.7 Å². The summed E-state index contributed by atoms with van der Waals surface area (Å²) in [4.78, 5) is 33.9. The molecule has 1 saturated heterocycles. The van der Waals surface area contributed by atoms with Crippen LogP contribution < -0.4 is 4.90 Å². The molecule has 1 aromatic heterocycles. The fraction of sp³-hybridized carbons (Fsp3) is 0.643. The second kappa shape index (κ2) is 6.35. The summed E-state index contributed by atoms with van der Waals surface area (Å²) < 4.78 is 5.39. The summed E-state index contributed by atoms with van der Waals surface area (Å²) in [6, 6.07) is -0.0719. The van der Waals surface area contributed by atoms with Crippen LogP contribution in [0.1, 0.15) is 27.7 Å². The zero-order valence-electron chi connectivity index (χ0n) is 13.7. The molecule has 0 radical (unpaired) electrons. The van der Waals surface area contributed by atoms with Crippen LogP contribution >= 0.6 is 0 Å². The Labute approximate surface area is 134 Å². The van der Waals surface area contributed by atoms with Crippen molar-refractivity contribution in [3.63, 3.8) is 0 Å². The lowest BCUT2D eigenvalue weighted by molar-refractivity contribution is -0.385. The van der Waals surface area contributed by atoms with Gasteiger partial charge in [0.15, 0.2) is 0 Å². The van der Waals surface area contributed by atoms with Crippen LogP contribution in [0.15, 0.2) is 12.4 Å². The molecule has 1 amide bonds. The number of nitrogens with zero attached hydrogens (tertiary/aromatic N) is 5. The van der Waals surface area contributed by atoms with Gasteiger partial charge in [0.05, 0.1) is 4.92 Å². The molecule has 1 fully saturated rings. The van der Waals surface area contributed by atoms with E-state index in [4.69, 9.17) is 4.74 Å². The maximum atomic E-state index is 12.2. The number of amides is 1. The number of carbonyl (C=O) groups excluding carboxylic acids is 1. The van der Waals surface area contributed by atoms with Crippen molar-refractivity contribution in [3.8, 4) is 0 Å². The predicted molar refractivity (Wildman–Crippen MR) is 83.3 cm³/mol. The molecule has 0 aliphatic carbocycles. The average Bonchev–Trinajstić information content (AvgIpc) is 2.45. The zero-order chi connectivity index (χ0) is 17.2. The summed E-state index contributed by atoms with van der Waals surface area (Å²) in [5.74, 6) is 0.422. The van der Waals surface area contributed by atoms with Crippen LogP contribution in [0.25, 0.3) is 0 Å². The molecule has 1 unspecified atom stereocenters. The third-order valence-corrected chi connectivity index (χ3v) is 3.37. The standard InChI is InChI=1S/C14H21N5O4/c1-10-9-17(12-15-7-11(8-16-12)19(21)22)5-6-18(10)13(20)23-14(2,3)4/h7-8,10H,5-6,9H2,1-4H3. The monoisotopic (exact) mass is 323 g/mol. The fourth-order valence-electron chi connectivity index (χ4n) is 2.30. The molecule has 1 aromatic rings. The number of piperazine rings is 1. The first-order valence-electron chi connectivity index (χ1n) is 7.38. The van der Waals surface area contributed by atoms with Gasteiger partial charge in [-0.05, 0) is 27.7 Å². The molecule has 0 bridgehead atoms. The number of nitro groups is 1. The minimum absolute atomic E-state index is 0.0719. The van der Waals surface area contributed by atoms with Crippen molar-refractivity contribution in [1.82, 2.24) is 14.9 Å². The van der Waals surface area contributed by atoms with E-state index in [1.165, 1.54) is 12.4 Å². The number of ether oxygens (including phenoxy) is 1. The molecule has 1 atom stereocenters. The molecule has 0 saturated carbocycles. The van der Waals surface area contributed by atoms with Gasteiger partial charge in [-0.1, -0.05) is 0 Å². The predicted octanol–water partition coefficient (Wildman–Crippen LogP) is 1.83. The zero-order valence-corrected chi connectivity index (χ0v) is 13.7. The fourth-order valence-corrected chi connectivity index (χ4v) is 2.30. The molecular formula is C14H21N5O4. The molecule has 0 aromatic carbocycles. The lowest BCUT2D eigenvalue weighted by Crippen LogP contribution is -2.55.